The lowest BCUT2D eigenvalue weighted by Crippen LogP contribution is -2.57. The molecule has 1 rings (SSSR count). The van der Waals surface area contributed by atoms with Gasteiger partial charge in [0.05, 0.1) is 18.8 Å². The Morgan fingerprint density at radius 2 is 1.19 bits per heavy atom. The van der Waals surface area contributed by atoms with E-state index >= 15 is 0 Å². The van der Waals surface area contributed by atoms with Crippen LogP contribution in [0.25, 0.3) is 0 Å². The molecule has 0 aromatic carbocycles. The molecule has 8 heteroatoms. The minimum Gasteiger partial charge on any atom is -0.390 e. The first-order chi connectivity index (χ1) is 15.3. The Bertz CT molecular complexity index is 452. The highest BCUT2D eigenvalue weighted by Crippen LogP contribution is 2.22. The summed E-state index contributed by atoms with van der Waals surface area (Å²) in [6.07, 6.45) is 5.01. The van der Waals surface area contributed by atoms with E-state index < -0.39 is 49.0 Å². The molecule has 1 aliphatic heterocycles. The maximum Gasteiger partial charge on any atom is 0.186 e. The van der Waals surface area contributed by atoms with E-state index in [1.54, 1.807) is 0 Å². The van der Waals surface area contributed by atoms with Gasteiger partial charge in [-0.1, -0.05) is 84.0 Å². The highest BCUT2D eigenvalue weighted by molar-refractivity contribution is 4.87. The molecule has 0 aromatic heterocycles. The van der Waals surface area contributed by atoms with Crippen molar-refractivity contribution in [2.45, 2.75) is 146 Å². The molecule has 8 atom stereocenters. The Morgan fingerprint density at radius 1 is 0.688 bits per heavy atom. The molecule has 1 aliphatic rings. The maximum atomic E-state index is 10.1. The number of ether oxygens (including phenoxy) is 2. The van der Waals surface area contributed by atoms with Crippen LogP contribution in [0.3, 0.4) is 0 Å². The Morgan fingerprint density at radius 3 is 1.72 bits per heavy atom. The van der Waals surface area contributed by atoms with Gasteiger partial charge in [0.1, 0.15) is 30.5 Å². The minimum absolute atomic E-state index is 0.381. The Balaban J connectivity index is 2.08. The maximum absolute atomic E-state index is 10.1. The molecule has 0 amide bonds. The smallest absolute Gasteiger partial charge is 0.186 e. The zero-order valence-electron chi connectivity index (χ0n) is 20.0. The highest BCUT2D eigenvalue weighted by atomic mass is 16.7. The minimum atomic E-state index is -1.48. The second-order valence-electron chi connectivity index (χ2n) is 9.32. The van der Waals surface area contributed by atoms with E-state index in [2.05, 4.69) is 6.92 Å². The molecule has 0 spiro atoms. The summed E-state index contributed by atoms with van der Waals surface area (Å²) in [5.41, 5.74) is 0. The molecule has 0 aliphatic carbocycles. The van der Waals surface area contributed by atoms with E-state index in [0.717, 1.165) is 19.3 Å². The summed E-state index contributed by atoms with van der Waals surface area (Å²) in [6.45, 7) is 3.38. The molecular formula is C24H48O8. The van der Waals surface area contributed by atoms with E-state index in [-0.39, 0.29) is 6.61 Å². The van der Waals surface area contributed by atoms with Gasteiger partial charge in [0.15, 0.2) is 6.29 Å². The van der Waals surface area contributed by atoms with Crippen LogP contribution in [0.4, 0.5) is 0 Å². The number of hydrogen-bond acceptors (Lipinski definition) is 8. The normalized spacial score (nSPS) is 29.1. The second kappa shape index (κ2) is 17.2. The van der Waals surface area contributed by atoms with Crippen LogP contribution in [0.5, 0.6) is 0 Å². The molecule has 1 fully saturated rings. The molecule has 32 heavy (non-hydrogen) atoms. The molecule has 0 radical (unpaired) electrons. The van der Waals surface area contributed by atoms with Crippen LogP contribution in [-0.2, 0) is 9.47 Å². The van der Waals surface area contributed by atoms with Gasteiger partial charge in [0.25, 0.3) is 0 Å². The first-order valence-corrected chi connectivity index (χ1v) is 12.6. The Hall–Kier alpha value is -0.320. The fraction of sp³-hybridized carbons (Fsp3) is 1.00. The highest BCUT2D eigenvalue weighted by Gasteiger charge is 2.42. The number of rotatable bonds is 18. The van der Waals surface area contributed by atoms with Crippen LogP contribution in [-0.4, -0.2) is 86.3 Å². The summed E-state index contributed by atoms with van der Waals surface area (Å²) in [4.78, 5) is 0. The van der Waals surface area contributed by atoms with Gasteiger partial charge >= 0.3 is 0 Å². The summed E-state index contributed by atoms with van der Waals surface area (Å²) in [7, 11) is 0. The molecule has 0 bridgehead atoms. The monoisotopic (exact) mass is 464 g/mol. The number of aliphatic hydroxyl groups is 6. The molecule has 0 saturated carbocycles. The van der Waals surface area contributed by atoms with E-state index in [4.69, 9.17) is 9.47 Å². The lowest BCUT2D eigenvalue weighted by Gasteiger charge is -2.39. The van der Waals surface area contributed by atoms with Crippen molar-refractivity contribution in [3.05, 3.63) is 0 Å². The average Bonchev–Trinajstić information content (AvgIpc) is 2.78. The number of hydrogen-bond donors (Lipinski definition) is 6. The fourth-order valence-corrected chi connectivity index (χ4v) is 4.06. The van der Waals surface area contributed by atoms with Crippen molar-refractivity contribution in [2.24, 2.45) is 0 Å². The van der Waals surface area contributed by atoms with Crippen molar-refractivity contribution in [1.82, 2.24) is 0 Å². The third-order valence-electron chi connectivity index (χ3n) is 6.38. The number of aliphatic hydroxyl groups excluding tert-OH is 6. The largest absolute Gasteiger partial charge is 0.390 e. The van der Waals surface area contributed by atoms with Crippen LogP contribution in [0, 0.1) is 0 Å². The lowest BCUT2D eigenvalue weighted by molar-refractivity contribution is -0.299. The van der Waals surface area contributed by atoms with E-state index in [0.29, 0.717) is 6.42 Å². The number of unbranched alkanes of at least 4 members (excludes halogenated alkanes) is 11. The summed E-state index contributed by atoms with van der Waals surface area (Å²) in [5.74, 6) is 0. The van der Waals surface area contributed by atoms with Crippen molar-refractivity contribution in [3.8, 4) is 0 Å². The van der Waals surface area contributed by atoms with Gasteiger partial charge in [-0.3, -0.25) is 0 Å². The molecule has 1 saturated heterocycles. The molecule has 1 heterocycles. The fourth-order valence-electron chi connectivity index (χ4n) is 4.06. The lowest BCUT2D eigenvalue weighted by atomic mass is 9.99. The van der Waals surface area contributed by atoms with Crippen molar-refractivity contribution in [2.75, 3.05) is 6.61 Å². The predicted octanol–water partition coefficient (Wildman–Crippen LogP) is 2.00. The van der Waals surface area contributed by atoms with Gasteiger partial charge in [0, 0.05) is 0 Å². The SMILES string of the molecule is CCCCCCCCCCCCCCC(O)C(O)C(O)COC1OC(C)C(O)C(O)C1O. The van der Waals surface area contributed by atoms with Crippen LogP contribution in [0.15, 0.2) is 0 Å². The Labute approximate surface area is 193 Å². The van der Waals surface area contributed by atoms with Crippen molar-refractivity contribution in [1.29, 1.82) is 0 Å². The van der Waals surface area contributed by atoms with E-state index in [1.807, 2.05) is 0 Å². The van der Waals surface area contributed by atoms with Gasteiger partial charge < -0.3 is 40.1 Å². The third-order valence-corrected chi connectivity index (χ3v) is 6.38. The first-order valence-electron chi connectivity index (χ1n) is 12.6. The van der Waals surface area contributed by atoms with Crippen LogP contribution < -0.4 is 0 Å². The van der Waals surface area contributed by atoms with Crippen molar-refractivity contribution in [3.63, 3.8) is 0 Å². The van der Waals surface area contributed by atoms with Gasteiger partial charge in [-0.25, -0.2) is 0 Å². The van der Waals surface area contributed by atoms with Crippen molar-refractivity contribution < 1.29 is 40.1 Å². The van der Waals surface area contributed by atoms with Gasteiger partial charge in [-0.15, -0.1) is 0 Å². The average molecular weight is 465 g/mol. The second-order valence-corrected chi connectivity index (χ2v) is 9.32. The molecular weight excluding hydrogens is 416 g/mol. The van der Waals surface area contributed by atoms with Crippen LogP contribution in [0.2, 0.25) is 0 Å². The third kappa shape index (κ3) is 11.2. The molecule has 6 N–H and O–H groups in total. The van der Waals surface area contributed by atoms with Crippen LogP contribution in [0.1, 0.15) is 97.3 Å². The van der Waals surface area contributed by atoms with E-state index in [9.17, 15) is 30.6 Å². The van der Waals surface area contributed by atoms with Gasteiger partial charge in [-0.05, 0) is 13.3 Å². The molecule has 8 nitrogen and oxygen atoms in total. The first kappa shape index (κ1) is 29.7. The van der Waals surface area contributed by atoms with Gasteiger partial charge in [-0.2, -0.15) is 0 Å². The molecule has 192 valence electrons. The standard InChI is InChI=1S/C24H48O8/c1-3-4-5-6-7-8-9-10-11-12-13-14-15-18(25)21(28)19(26)16-31-24-23(30)22(29)20(27)17(2)32-24/h17-30H,3-16H2,1-2H3. The quantitative estimate of drug-likeness (QED) is 0.169. The van der Waals surface area contributed by atoms with Crippen molar-refractivity contribution >= 4 is 0 Å². The summed E-state index contributed by atoms with van der Waals surface area (Å²) < 4.78 is 10.6. The summed E-state index contributed by atoms with van der Waals surface area (Å²) >= 11 is 0. The molecule has 8 unspecified atom stereocenters. The van der Waals surface area contributed by atoms with Crippen LogP contribution >= 0.6 is 0 Å². The summed E-state index contributed by atoms with van der Waals surface area (Å²) in [6, 6.07) is 0. The summed E-state index contributed by atoms with van der Waals surface area (Å²) in [5, 5.41) is 59.7. The Kier molecular flexibility index (Phi) is 15.9. The predicted molar refractivity (Wildman–Crippen MR) is 122 cm³/mol. The van der Waals surface area contributed by atoms with Gasteiger partial charge in [0.2, 0.25) is 0 Å². The topological polar surface area (TPSA) is 140 Å². The van der Waals surface area contributed by atoms with E-state index in [1.165, 1.54) is 64.7 Å². The zero-order valence-corrected chi connectivity index (χ0v) is 20.0. The zero-order chi connectivity index (χ0) is 23.9. The molecule has 0 aromatic rings.